The molecule has 2 saturated heterocycles. The average molecular weight is 487 g/mol. The van der Waals surface area contributed by atoms with E-state index in [1.807, 2.05) is 0 Å². The highest BCUT2D eigenvalue weighted by atomic mass is 16.7. The van der Waals surface area contributed by atoms with Crippen LogP contribution >= 0.6 is 0 Å². The highest BCUT2D eigenvalue weighted by Gasteiger charge is 2.54. The summed E-state index contributed by atoms with van der Waals surface area (Å²) in [6.45, 7) is -2.62. The van der Waals surface area contributed by atoms with Crippen LogP contribution in [0.3, 0.4) is 0 Å². The minimum Gasteiger partial charge on any atom is -0.477 e. The summed E-state index contributed by atoms with van der Waals surface area (Å²) in [7, 11) is 0. The summed E-state index contributed by atoms with van der Waals surface area (Å²) >= 11 is 0. The molecule has 0 unspecified atom stereocenters. The normalized spacial score (nSPS) is 41.2. The zero-order chi connectivity index (χ0) is 25.1. The van der Waals surface area contributed by atoms with Gasteiger partial charge in [0.15, 0.2) is 6.29 Å². The Kier molecular flexibility index (Phi) is 9.45. The molecular weight excluding hydrogens is 458 g/mol. The number of ether oxygens (including phenoxy) is 3. The number of carbonyl (C=O) groups excluding carboxylic acids is 1. The molecule has 2 rings (SSSR count). The Morgan fingerprint density at radius 1 is 1.09 bits per heavy atom. The molecule has 0 spiro atoms. The molecule has 0 saturated carbocycles. The van der Waals surface area contributed by atoms with Gasteiger partial charge >= 0.3 is 5.97 Å². The molecule has 0 bridgehead atoms. The van der Waals surface area contributed by atoms with Gasteiger partial charge in [-0.15, -0.1) is 0 Å². The third-order valence-electron chi connectivity index (χ3n) is 5.39. The fraction of sp³-hybridized carbons (Fsp3) is 0.882. The van der Waals surface area contributed by atoms with E-state index in [2.05, 4.69) is 5.32 Å². The Morgan fingerprint density at radius 2 is 1.73 bits per heavy atom. The molecule has 11 N–H and O–H groups in total. The van der Waals surface area contributed by atoms with Crippen LogP contribution in [0.4, 0.5) is 0 Å². The quantitative estimate of drug-likeness (QED) is 0.144. The van der Waals surface area contributed by atoms with Gasteiger partial charge in [0.05, 0.1) is 25.4 Å². The molecule has 2 aliphatic heterocycles. The standard InChI is InChI=1S/C17H29NO15/c19-2-6(22)10(24)14-9(5(21)1-17(30,33-14)16(28)29)18-8(23)4-31-15-13(27)12(26)11(25)7(3-20)32-15/h5-7,9-15,19-22,24-27,30H,1-4H2,(H,18,23)(H,28,29)/t5-,6+,7+,9+,10+,11-,12-,13+,14+,15-,17-/m0/s1. The van der Waals surface area contributed by atoms with Crippen molar-refractivity contribution in [2.45, 2.75) is 73.4 Å². The maximum absolute atomic E-state index is 12.3. The van der Waals surface area contributed by atoms with E-state index in [9.17, 15) is 45.3 Å². The molecule has 33 heavy (non-hydrogen) atoms. The Labute approximate surface area is 186 Å². The number of aliphatic carboxylic acids is 1. The first-order valence-corrected chi connectivity index (χ1v) is 9.86. The number of carboxylic acid groups (broad SMARTS) is 1. The number of amides is 1. The molecule has 0 aromatic heterocycles. The van der Waals surface area contributed by atoms with Crippen LogP contribution in [-0.2, 0) is 23.8 Å². The Bertz CT molecular complexity index is 679. The number of hydrogen-bond donors (Lipinski definition) is 11. The Hall–Kier alpha value is -1.54. The van der Waals surface area contributed by atoms with Crippen molar-refractivity contribution in [1.29, 1.82) is 0 Å². The predicted octanol–water partition coefficient (Wildman–Crippen LogP) is -7.08. The van der Waals surface area contributed by atoms with Gasteiger partial charge in [0.1, 0.15) is 49.3 Å². The zero-order valence-corrected chi connectivity index (χ0v) is 17.1. The van der Waals surface area contributed by atoms with Gasteiger partial charge in [-0.2, -0.15) is 0 Å². The van der Waals surface area contributed by atoms with Crippen molar-refractivity contribution in [3.8, 4) is 0 Å². The number of carboxylic acids is 1. The third kappa shape index (κ3) is 6.13. The van der Waals surface area contributed by atoms with Crippen molar-refractivity contribution in [2.75, 3.05) is 19.8 Å². The van der Waals surface area contributed by atoms with Crippen molar-refractivity contribution in [1.82, 2.24) is 5.32 Å². The SMILES string of the molecule is O=C(CO[C@H]1O[C@H](CO)[C@H](O)[C@H](O)[C@H]1O)N[C@H]1[C@H]([C@H](O)[C@H](O)CO)O[C@](O)(C(=O)O)C[C@@H]1O. The summed E-state index contributed by atoms with van der Waals surface area (Å²) in [5.74, 6) is -5.90. The van der Waals surface area contributed by atoms with Gasteiger partial charge in [-0.05, 0) is 0 Å². The molecule has 192 valence electrons. The van der Waals surface area contributed by atoms with Crippen molar-refractivity contribution in [2.24, 2.45) is 0 Å². The molecule has 0 radical (unpaired) electrons. The van der Waals surface area contributed by atoms with Crippen molar-refractivity contribution < 1.29 is 74.9 Å². The maximum atomic E-state index is 12.3. The Morgan fingerprint density at radius 3 is 2.27 bits per heavy atom. The van der Waals surface area contributed by atoms with Crippen LogP contribution in [0, 0.1) is 0 Å². The summed E-state index contributed by atoms with van der Waals surface area (Å²) in [6.07, 6.45) is -16.7. The molecule has 16 heteroatoms. The second kappa shape index (κ2) is 11.3. The van der Waals surface area contributed by atoms with Crippen LogP contribution in [0.25, 0.3) is 0 Å². The molecule has 2 heterocycles. The smallest absolute Gasteiger partial charge is 0.364 e. The van der Waals surface area contributed by atoms with Gasteiger partial charge in [0, 0.05) is 6.42 Å². The molecule has 16 nitrogen and oxygen atoms in total. The van der Waals surface area contributed by atoms with Gasteiger partial charge < -0.3 is 70.6 Å². The summed E-state index contributed by atoms with van der Waals surface area (Å²) in [5, 5.41) is 99.1. The van der Waals surface area contributed by atoms with E-state index in [1.165, 1.54) is 0 Å². The number of aliphatic hydroxyl groups is 9. The van der Waals surface area contributed by atoms with Crippen LogP contribution < -0.4 is 5.32 Å². The summed E-state index contributed by atoms with van der Waals surface area (Å²) < 4.78 is 15.0. The lowest BCUT2D eigenvalue weighted by atomic mass is 9.88. The van der Waals surface area contributed by atoms with Crippen molar-refractivity contribution in [3.05, 3.63) is 0 Å². The van der Waals surface area contributed by atoms with Crippen LogP contribution in [0.2, 0.25) is 0 Å². The second-order valence-electron chi connectivity index (χ2n) is 7.79. The number of nitrogens with one attached hydrogen (secondary N) is 1. The van der Waals surface area contributed by atoms with Gasteiger partial charge in [-0.25, -0.2) is 4.79 Å². The number of aliphatic hydroxyl groups excluding tert-OH is 8. The minimum atomic E-state index is -2.96. The maximum Gasteiger partial charge on any atom is 0.364 e. The first-order valence-electron chi connectivity index (χ1n) is 9.86. The zero-order valence-electron chi connectivity index (χ0n) is 17.1. The van der Waals surface area contributed by atoms with E-state index >= 15 is 0 Å². The molecule has 2 aliphatic rings. The van der Waals surface area contributed by atoms with E-state index in [-0.39, 0.29) is 0 Å². The number of rotatable bonds is 9. The van der Waals surface area contributed by atoms with E-state index in [0.29, 0.717) is 0 Å². The first-order chi connectivity index (χ1) is 15.4. The fourth-order valence-electron chi connectivity index (χ4n) is 3.49. The molecule has 0 aliphatic carbocycles. The summed E-state index contributed by atoms with van der Waals surface area (Å²) in [4.78, 5) is 23.6. The van der Waals surface area contributed by atoms with Gasteiger partial charge in [-0.3, -0.25) is 4.79 Å². The number of hydrogen-bond acceptors (Lipinski definition) is 14. The van der Waals surface area contributed by atoms with Crippen LogP contribution in [0.5, 0.6) is 0 Å². The van der Waals surface area contributed by atoms with Crippen LogP contribution in [0.1, 0.15) is 6.42 Å². The number of carbonyl (C=O) groups is 2. The lowest BCUT2D eigenvalue weighted by Crippen LogP contribution is -2.67. The fourth-order valence-corrected chi connectivity index (χ4v) is 3.49. The van der Waals surface area contributed by atoms with Crippen LogP contribution in [0.15, 0.2) is 0 Å². The highest BCUT2D eigenvalue weighted by Crippen LogP contribution is 2.30. The van der Waals surface area contributed by atoms with Gasteiger partial charge in [-0.1, -0.05) is 0 Å². The van der Waals surface area contributed by atoms with Gasteiger partial charge in [0.25, 0.3) is 5.79 Å². The van der Waals surface area contributed by atoms with Crippen molar-refractivity contribution >= 4 is 11.9 Å². The lowest BCUT2D eigenvalue weighted by Gasteiger charge is -2.44. The minimum absolute atomic E-state index is 0.734. The van der Waals surface area contributed by atoms with Crippen molar-refractivity contribution in [3.63, 3.8) is 0 Å². The average Bonchev–Trinajstić information content (AvgIpc) is 2.77. The van der Waals surface area contributed by atoms with E-state index < -0.39 is 105 Å². The predicted molar refractivity (Wildman–Crippen MR) is 98.8 cm³/mol. The molecule has 0 aromatic rings. The van der Waals surface area contributed by atoms with E-state index in [4.69, 9.17) is 29.5 Å². The lowest BCUT2D eigenvalue weighted by molar-refractivity contribution is -0.300. The summed E-state index contributed by atoms with van der Waals surface area (Å²) in [6, 6.07) is -1.59. The molecule has 1 amide bonds. The first kappa shape index (κ1) is 27.7. The molecule has 11 atom stereocenters. The van der Waals surface area contributed by atoms with E-state index in [1.54, 1.807) is 0 Å². The second-order valence-corrected chi connectivity index (χ2v) is 7.79. The largest absolute Gasteiger partial charge is 0.477 e. The molecular formula is C17H29NO15. The summed E-state index contributed by atoms with van der Waals surface area (Å²) in [5.41, 5.74) is 0. The van der Waals surface area contributed by atoms with Gasteiger partial charge in [0.2, 0.25) is 5.91 Å². The Balaban J connectivity index is 2.08. The topological polar surface area (TPSA) is 276 Å². The third-order valence-corrected chi connectivity index (χ3v) is 5.39. The highest BCUT2D eigenvalue weighted by molar-refractivity contribution is 5.78. The molecule has 2 fully saturated rings. The monoisotopic (exact) mass is 487 g/mol. The van der Waals surface area contributed by atoms with Crippen LogP contribution in [-0.4, -0.2) is 150 Å². The van der Waals surface area contributed by atoms with E-state index in [0.717, 1.165) is 0 Å². The molecule has 0 aromatic carbocycles.